The quantitative estimate of drug-likeness (QED) is 0.833. The summed E-state index contributed by atoms with van der Waals surface area (Å²) in [5.74, 6) is -0.771. The lowest BCUT2D eigenvalue weighted by Gasteiger charge is -2.33. The lowest BCUT2D eigenvalue weighted by molar-refractivity contribution is -0.136. The number of rotatable bonds is 3. The van der Waals surface area contributed by atoms with Crippen LogP contribution in [0.5, 0.6) is 0 Å². The second-order valence-corrected chi connectivity index (χ2v) is 7.00. The number of alkyl halides is 1. The van der Waals surface area contributed by atoms with E-state index in [0.29, 0.717) is 15.6 Å². The third-order valence-electron chi connectivity index (χ3n) is 4.48. The SMILES string of the molecule is C[C@@H](NC(=O)[C@@]1(F)CC[C@@H](O)c2ncccc21)c1ccc(Cl)cc1Cl. The van der Waals surface area contributed by atoms with Crippen molar-refractivity contribution < 1.29 is 14.3 Å². The van der Waals surface area contributed by atoms with E-state index in [2.05, 4.69) is 10.3 Å². The molecule has 2 N–H and O–H groups in total. The monoisotopic (exact) mass is 382 g/mol. The van der Waals surface area contributed by atoms with Crippen molar-refractivity contribution in [1.29, 1.82) is 0 Å². The van der Waals surface area contributed by atoms with Gasteiger partial charge in [0.1, 0.15) is 0 Å². The predicted molar refractivity (Wildman–Crippen MR) is 94.2 cm³/mol. The fourth-order valence-corrected chi connectivity index (χ4v) is 3.67. The van der Waals surface area contributed by atoms with Crippen molar-refractivity contribution in [2.24, 2.45) is 0 Å². The van der Waals surface area contributed by atoms with Gasteiger partial charge in [-0.05, 0) is 43.5 Å². The van der Waals surface area contributed by atoms with Crippen LogP contribution in [-0.4, -0.2) is 16.0 Å². The average Bonchev–Trinajstić information content (AvgIpc) is 2.58. The van der Waals surface area contributed by atoms with Crippen molar-refractivity contribution >= 4 is 29.1 Å². The molecule has 1 aliphatic carbocycles. The highest BCUT2D eigenvalue weighted by atomic mass is 35.5. The van der Waals surface area contributed by atoms with Crippen LogP contribution in [0.15, 0.2) is 36.5 Å². The molecule has 1 aliphatic rings. The van der Waals surface area contributed by atoms with Crippen molar-refractivity contribution in [3.8, 4) is 0 Å². The van der Waals surface area contributed by atoms with Gasteiger partial charge in [-0.15, -0.1) is 0 Å². The van der Waals surface area contributed by atoms with Crippen LogP contribution in [0.3, 0.4) is 0 Å². The first kappa shape index (κ1) is 18.1. The van der Waals surface area contributed by atoms with Crippen LogP contribution in [0.25, 0.3) is 0 Å². The molecule has 0 radical (unpaired) electrons. The molecule has 25 heavy (non-hydrogen) atoms. The third-order valence-corrected chi connectivity index (χ3v) is 5.04. The van der Waals surface area contributed by atoms with Gasteiger partial charge in [-0.1, -0.05) is 35.3 Å². The number of pyridine rings is 1. The number of nitrogens with one attached hydrogen (secondary N) is 1. The van der Waals surface area contributed by atoms with E-state index in [4.69, 9.17) is 23.2 Å². The van der Waals surface area contributed by atoms with Gasteiger partial charge in [0.2, 0.25) is 5.67 Å². The number of amides is 1. The number of aromatic nitrogens is 1. The highest BCUT2D eigenvalue weighted by Crippen LogP contribution is 2.42. The first-order valence-corrected chi connectivity index (χ1v) is 8.67. The fourth-order valence-electron chi connectivity index (χ4n) is 3.10. The number of carbonyl (C=O) groups is 1. The molecule has 4 nitrogen and oxygen atoms in total. The predicted octanol–water partition coefficient (Wildman–Crippen LogP) is 4.26. The molecular weight excluding hydrogens is 366 g/mol. The van der Waals surface area contributed by atoms with Crippen molar-refractivity contribution in [3.05, 3.63) is 63.4 Å². The summed E-state index contributed by atoms with van der Waals surface area (Å²) in [6.07, 6.45) is 0.627. The van der Waals surface area contributed by atoms with Gasteiger partial charge >= 0.3 is 0 Å². The molecule has 1 aromatic carbocycles. The number of aliphatic hydroxyl groups is 1. The van der Waals surface area contributed by atoms with Crippen LogP contribution in [0.4, 0.5) is 4.39 Å². The zero-order valence-corrected chi connectivity index (χ0v) is 15.0. The van der Waals surface area contributed by atoms with Crippen LogP contribution in [0.2, 0.25) is 10.0 Å². The molecule has 0 aliphatic heterocycles. The van der Waals surface area contributed by atoms with E-state index in [1.807, 2.05) is 0 Å². The molecule has 0 bridgehead atoms. The molecule has 0 spiro atoms. The maximum absolute atomic E-state index is 15.6. The van der Waals surface area contributed by atoms with E-state index >= 15 is 4.39 Å². The Morgan fingerprint density at radius 1 is 1.44 bits per heavy atom. The number of halogens is 3. The van der Waals surface area contributed by atoms with Crippen molar-refractivity contribution in [3.63, 3.8) is 0 Å². The van der Waals surface area contributed by atoms with Crippen LogP contribution in [0.1, 0.15) is 48.7 Å². The van der Waals surface area contributed by atoms with Gasteiger partial charge in [0.15, 0.2) is 0 Å². The van der Waals surface area contributed by atoms with Gasteiger partial charge < -0.3 is 10.4 Å². The largest absolute Gasteiger partial charge is 0.387 e. The average molecular weight is 383 g/mol. The molecule has 0 saturated carbocycles. The van der Waals surface area contributed by atoms with Gasteiger partial charge in [-0.25, -0.2) is 4.39 Å². The lowest BCUT2D eigenvalue weighted by atomic mass is 9.80. The van der Waals surface area contributed by atoms with Crippen molar-refractivity contribution in [1.82, 2.24) is 10.3 Å². The zero-order chi connectivity index (χ0) is 18.2. The number of benzene rings is 1. The standard InChI is InChI=1S/C18H17Cl2FN2O2/c1-10(12-5-4-11(19)9-14(12)20)23-17(25)18(21)7-6-15(24)16-13(18)3-2-8-22-16/h2-5,8-10,15,24H,6-7H2,1H3,(H,23,25)/t10-,15-,18-/m1/s1. The molecule has 0 saturated heterocycles. The normalized spacial score (nSPS) is 23.6. The van der Waals surface area contributed by atoms with Crippen molar-refractivity contribution in [2.75, 3.05) is 0 Å². The Labute approximate surface area is 155 Å². The van der Waals surface area contributed by atoms with E-state index in [1.165, 1.54) is 12.3 Å². The molecule has 0 fully saturated rings. The highest BCUT2D eigenvalue weighted by molar-refractivity contribution is 6.35. The molecule has 1 heterocycles. The Bertz CT molecular complexity index is 817. The maximum Gasteiger partial charge on any atom is 0.262 e. The Balaban J connectivity index is 1.87. The fraction of sp³-hybridized carbons (Fsp3) is 0.333. The van der Waals surface area contributed by atoms with E-state index in [-0.39, 0.29) is 24.1 Å². The Hall–Kier alpha value is -1.69. The number of nitrogens with zero attached hydrogens (tertiary/aromatic N) is 1. The first-order valence-electron chi connectivity index (χ1n) is 7.91. The summed E-state index contributed by atoms with van der Waals surface area (Å²) in [4.78, 5) is 16.7. The summed E-state index contributed by atoms with van der Waals surface area (Å²) >= 11 is 12.0. The maximum atomic E-state index is 15.6. The van der Waals surface area contributed by atoms with Gasteiger partial charge in [-0.3, -0.25) is 9.78 Å². The van der Waals surface area contributed by atoms with Gasteiger partial charge in [0.05, 0.1) is 17.8 Å². The minimum atomic E-state index is -2.24. The Kier molecular flexibility index (Phi) is 5.00. The molecule has 132 valence electrons. The molecule has 7 heteroatoms. The van der Waals surface area contributed by atoms with Gasteiger partial charge in [0.25, 0.3) is 5.91 Å². The number of aliphatic hydroxyl groups excluding tert-OH is 1. The van der Waals surface area contributed by atoms with E-state index in [0.717, 1.165) is 0 Å². The van der Waals surface area contributed by atoms with E-state index < -0.39 is 23.7 Å². The van der Waals surface area contributed by atoms with Crippen LogP contribution >= 0.6 is 23.2 Å². The van der Waals surface area contributed by atoms with Crippen molar-refractivity contribution in [2.45, 2.75) is 37.6 Å². The minimum Gasteiger partial charge on any atom is -0.387 e. The second-order valence-electron chi connectivity index (χ2n) is 6.15. The molecule has 1 aromatic heterocycles. The van der Waals surface area contributed by atoms with Crippen LogP contribution in [-0.2, 0) is 10.5 Å². The highest BCUT2D eigenvalue weighted by Gasteiger charge is 2.47. The Morgan fingerprint density at radius 2 is 2.20 bits per heavy atom. The third kappa shape index (κ3) is 3.36. The molecule has 3 atom stereocenters. The number of carbonyl (C=O) groups excluding carboxylic acids is 1. The first-order chi connectivity index (χ1) is 11.8. The summed E-state index contributed by atoms with van der Waals surface area (Å²) in [6.45, 7) is 1.72. The number of hydrogen-bond acceptors (Lipinski definition) is 3. The van der Waals surface area contributed by atoms with E-state index in [1.54, 1.807) is 31.2 Å². The summed E-state index contributed by atoms with van der Waals surface area (Å²) < 4.78 is 15.6. The van der Waals surface area contributed by atoms with Gasteiger partial charge in [-0.2, -0.15) is 0 Å². The lowest BCUT2D eigenvalue weighted by Crippen LogP contribution is -2.45. The van der Waals surface area contributed by atoms with Crippen LogP contribution in [0, 0.1) is 0 Å². The van der Waals surface area contributed by atoms with Crippen LogP contribution < -0.4 is 5.32 Å². The summed E-state index contributed by atoms with van der Waals surface area (Å²) in [7, 11) is 0. The van der Waals surface area contributed by atoms with E-state index in [9.17, 15) is 9.90 Å². The molecule has 1 amide bonds. The molecular formula is C18H17Cl2FN2O2. The molecule has 3 rings (SSSR count). The topological polar surface area (TPSA) is 62.2 Å². The zero-order valence-electron chi connectivity index (χ0n) is 13.5. The molecule has 2 aromatic rings. The Morgan fingerprint density at radius 3 is 2.92 bits per heavy atom. The molecule has 0 unspecified atom stereocenters. The number of fused-ring (bicyclic) bond motifs is 1. The summed E-state index contributed by atoms with van der Waals surface area (Å²) in [6, 6.07) is 7.47. The minimum absolute atomic E-state index is 0.111. The summed E-state index contributed by atoms with van der Waals surface area (Å²) in [5, 5.41) is 13.6. The smallest absolute Gasteiger partial charge is 0.262 e. The summed E-state index contributed by atoms with van der Waals surface area (Å²) in [5.41, 5.74) is -1.27. The second kappa shape index (κ2) is 6.90. The van der Waals surface area contributed by atoms with Gasteiger partial charge in [0, 0.05) is 21.8 Å². The number of hydrogen-bond donors (Lipinski definition) is 2.